The van der Waals surface area contributed by atoms with Gasteiger partial charge in [0.1, 0.15) is 12.1 Å². The first-order valence-corrected chi connectivity index (χ1v) is 5.72. The molecule has 0 spiro atoms. The Morgan fingerprint density at radius 1 is 1.42 bits per heavy atom. The van der Waals surface area contributed by atoms with E-state index in [-0.39, 0.29) is 12.4 Å². The second-order valence-corrected chi connectivity index (χ2v) is 3.95. The highest BCUT2D eigenvalue weighted by Crippen LogP contribution is 2.17. The van der Waals surface area contributed by atoms with E-state index in [1.165, 1.54) is 24.7 Å². The molecule has 2 aromatic rings. The van der Waals surface area contributed by atoms with Gasteiger partial charge in [-0.1, -0.05) is 0 Å². The van der Waals surface area contributed by atoms with Crippen molar-refractivity contribution in [3.63, 3.8) is 0 Å². The fourth-order valence-corrected chi connectivity index (χ4v) is 1.65. The molecule has 0 unspecified atom stereocenters. The summed E-state index contributed by atoms with van der Waals surface area (Å²) in [5.74, 6) is -0.367. The molecule has 4 N–H and O–H groups in total. The van der Waals surface area contributed by atoms with Gasteiger partial charge >= 0.3 is 0 Å². The molecule has 0 fully saturated rings. The van der Waals surface area contributed by atoms with Crippen LogP contribution in [0.1, 0.15) is 11.1 Å². The summed E-state index contributed by atoms with van der Waals surface area (Å²) in [6.07, 6.45) is 5.85. The van der Waals surface area contributed by atoms with Gasteiger partial charge in [-0.2, -0.15) is 0 Å². The van der Waals surface area contributed by atoms with Gasteiger partial charge in [-0.3, -0.25) is 0 Å². The Kier molecular flexibility index (Phi) is 4.10. The lowest BCUT2D eigenvalue weighted by Crippen LogP contribution is -1.99. The van der Waals surface area contributed by atoms with Crippen LogP contribution in [0.15, 0.2) is 47.4 Å². The van der Waals surface area contributed by atoms with Crippen LogP contribution >= 0.6 is 0 Å². The van der Waals surface area contributed by atoms with Gasteiger partial charge in [0, 0.05) is 24.5 Å². The van der Waals surface area contributed by atoms with Crippen LogP contribution < -0.4 is 11.1 Å². The van der Waals surface area contributed by atoms with Gasteiger partial charge in [-0.05, 0) is 35.4 Å². The summed E-state index contributed by atoms with van der Waals surface area (Å²) in [6.45, 7) is 0.255. The fraction of sp³-hybridized carbons (Fsp3) is 0.0714. The fourth-order valence-electron chi connectivity index (χ4n) is 1.65. The van der Waals surface area contributed by atoms with Crippen LogP contribution in [-0.4, -0.2) is 6.21 Å². The second-order valence-electron chi connectivity index (χ2n) is 3.95. The lowest BCUT2D eigenvalue weighted by Gasteiger charge is -2.06. The van der Waals surface area contributed by atoms with Gasteiger partial charge in [-0.25, -0.2) is 4.39 Å². The molecule has 1 aromatic heterocycles. The Labute approximate surface area is 110 Å². The van der Waals surface area contributed by atoms with Crippen LogP contribution in [-0.2, 0) is 6.54 Å². The van der Waals surface area contributed by atoms with E-state index in [1.54, 1.807) is 18.3 Å². The number of hydrogen-bond acceptors (Lipinski definition) is 4. The zero-order valence-electron chi connectivity index (χ0n) is 10.2. The molecule has 4 nitrogen and oxygen atoms in total. The summed E-state index contributed by atoms with van der Waals surface area (Å²) in [5.41, 5.74) is 8.11. The molecule has 0 atom stereocenters. The Morgan fingerprint density at radius 3 is 2.89 bits per heavy atom. The van der Waals surface area contributed by atoms with Gasteiger partial charge in [-0.15, -0.1) is 0 Å². The number of nitrogens with two attached hydrogens (primary N) is 1. The average molecular weight is 259 g/mol. The van der Waals surface area contributed by atoms with Gasteiger partial charge < -0.3 is 20.9 Å². The average Bonchev–Trinajstić information content (AvgIpc) is 2.92. The third-order valence-electron chi connectivity index (χ3n) is 2.60. The maximum Gasteiger partial charge on any atom is 0.124 e. The molecule has 19 heavy (non-hydrogen) atoms. The Bertz CT molecular complexity index is 591. The molecular formula is C14H14FN3O. The first kappa shape index (κ1) is 13.0. The molecule has 0 saturated carbocycles. The maximum absolute atomic E-state index is 13.4. The van der Waals surface area contributed by atoms with Gasteiger partial charge in [0.25, 0.3) is 0 Å². The van der Waals surface area contributed by atoms with Crippen LogP contribution in [0.2, 0.25) is 0 Å². The highest BCUT2D eigenvalue weighted by Gasteiger charge is 2.04. The van der Waals surface area contributed by atoms with Crippen molar-refractivity contribution in [1.29, 1.82) is 5.41 Å². The number of hydrogen-bond donors (Lipinski definition) is 3. The standard InChI is InChI=1S/C14H14FN3O/c15-13-4-10(6-16)3-11(5-13)12(7-17)8-18-14-1-2-19-9-14/h1-5,7-9,17-18H,6,16H2/b12-8+,17-7?. The maximum atomic E-state index is 13.4. The van der Waals surface area contributed by atoms with E-state index in [0.29, 0.717) is 16.7 Å². The number of anilines is 1. The number of furan rings is 1. The van der Waals surface area contributed by atoms with Crippen molar-refractivity contribution in [3.05, 3.63) is 59.9 Å². The summed E-state index contributed by atoms with van der Waals surface area (Å²) >= 11 is 0. The number of benzene rings is 1. The molecular weight excluding hydrogens is 245 g/mol. The summed E-state index contributed by atoms with van der Waals surface area (Å²) in [5, 5.41) is 10.4. The molecule has 1 aromatic carbocycles. The predicted molar refractivity (Wildman–Crippen MR) is 73.4 cm³/mol. The first-order chi connectivity index (χ1) is 9.22. The van der Waals surface area contributed by atoms with E-state index < -0.39 is 0 Å². The smallest absolute Gasteiger partial charge is 0.124 e. The van der Waals surface area contributed by atoms with Crippen LogP contribution in [0.4, 0.5) is 10.1 Å². The molecule has 0 aliphatic rings. The molecule has 5 heteroatoms. The topological polar surface area (TPSA) is 75.0 Å². The predicted octanol–water partition coefficient (Wildman–Crippen LogP) is 2.98. The largest absolute Gasteiger partial charge is 0.470 e. The van der Waals surface area contributed by atoms with E-state index >= 15 is 0 Å². The van der Waals surface area contributed by atoms with Crippen molar-refractivity contribution in [1.82, 2.24) is 0 Å². The minimum Gasteiger partial charge on any atom is -0.470 e. The minimum absolute atomic E-state index is 0.255. The van der Waals surface area contributed by atoms with E-state index in [4.69, 9.17) is 15.6 Å². The van der Waals surface area contributed by atoms with E-state index in [2.05, 4.69) is 5.32 Å². The number of rotatable bonds is 5. The summed E-state index contributed by atoms with van der Waals surface area (Å²) < 4.78 is 18.3. The zero-order chi connectivity index (χ0) is 13.7. The summed E-state index contributed by atoms with van der Waals surface area (Å²) in [7, 11) is 0. The van der Waals surface area contributed by atoms with E-state index in [9.17, 15) is 4.39 Å². The Morgan fingerprint density at radius 2 is 2.26 bits per heavy atom. The van der Waals surface area contributed by atoms with Crippen LogP contribution in [0.25, 0.3) is 5.57 Å². The van der Waals surface area contributed by atoms with Gasteiger partial charge in [0.2, 0.25) is 0 Å². The van der Waals surface area contributed by atoms with Crippen molar-refractivity contribution >= 4 is 17.5 Å². The molecule has 0 bridgehead atoms. The van der Waals surface area contributed by atoms with E-state index in [1.807, 2.05) is 0 Å². The SMILES string of the molecule is N=C/C(=C\Nc1ccoc1)c1cc(F)cc(CN)c1. The second kappa shape index (κ2) is 5.97. The Hall–Kier alpha value is -2.40. The molecule has 2 rings (SSSR count). The lowest BCUT2D eigenvalue weighted by atomic mass is 10.0. The highest BCUT2D eigenvalue weighted by atomic mass is 19.1. The van der Waals surface area contributed by atoms with Crippen molar-refractivity contribution in [2.75, 3.05) is 5.32 Å². The van der Waals surface area contributed by atoms with Gasteiger partial charge in [0.15, 0.2) is 0 Å². The number of halogens is 1. The van der Waals surface area contributed by atoms with E-state index in [0.717, 1.165) is 11.9 Å². The highest BCUT2D eigenvalue weighted by molar-refractivity contribution is 6.08. The normalized spacial score (nSPS) is 11.4. The minimum atomic E-state index is -0.367. The molecule has 98 valence electrons. The summed E-state index contributed by atoms with van der Waals surface area (Å²) in [4.78, 5) is 0. The third-order valence-corrected chi connectivity index (χ3v) is 2.60. The van der Waals surface area contributed by atoms with Crippen LogP contribution in [0.3, 0.4) is 0 Å². The van der Waals surface area contributed by atoms with Crippen LogP contribution in [0.5, 0.6) is 0 Å². The van der Waals surface area contributed by atoms with Crippen molar-refractivity contribution in [2.45, 2.75) is 6.54 Å². The van der Waals surface area contributed by atoms with Crippen molar-refractivity contribution < 1.29 is 8.81 Å². The van der Waals surface area contributed by atoms with Crippen molar-refractivity contribution in [3.8, 4) is 0 Å². The lowest BCUT2D eigenvalue weighted by molar-refractivity contribution is 0.568. The summed E-state index contributed by atoms with van der Waals surface area (Å²) in [6, 6.07) is 6.26. The number of allylic oxidation sites excluding steroid dienone is 1. The molecule has 1 heterocycles. The third kappa shape index (κ3) is 3.29. The molecule has 0 radical (unpaired) electrons. The first-order valence-electron chi connectivity index (χ1n) is 5.72. The molecule has 0 amide bonds. The molecule has 0 aliphatic carbocycles. The molecule has 0 aliphatic heterocycles. The van der Waals surface area contributed by atoms with Crippen LogP contribution in [0, 0.1) is 11.2 Å². The van der Waals surface area contributed by atoms with Gasteiger partial charge in [0.05, 0.1) is 12.0 Å². The van der Waals surface area contributed by atoms with Crippen molar-refractivity contribution in [2.24, 2.45) is 5.73 Å². The quantitative estimate of drug-likeness (QED) is 0.722. The number of nitrogens with one attached hydrogen (secondary N) is 2. The Balaban J connectivity index is 2.28. The molecule has 0 saturated heterocycles. The zero-order valence-corrected chi connectivity index (χ0v) is 10.2. The monoisotopic (exact) mass is 259 g/mol.